The van der Waals surface area contributed by atoms with Crippen LogP contribution in [0, 0.1) is 5.92 Å². The molecule has 2 amide bonds. The molecule has 2 aromatic heterocycles. The molecule has 6 nitrogen and oxygen atoms in total. The van der Waals surface area contributed by atoms with E-state index in [2.05, 4.69) is 15.3 Å². The van der Waals surface area contributed by atoms with E-state index in [0.717, 1.165) is 16.5 Å². The third-order valence-electron chi connectivity index (χ3n) is 5.10. The Kier molecular flexibility index (Phi) is 4.16. The van der Waals surface area contributed by atoms with Crippen molar-refractivity contribution in [3.05, 3.63) is 66.1 Å². The highest BCUT2D eigenvalue weighted by Crippen LogP contribution is 2.36. The normalized spacial score (nSPS) is 19.9. The van der Waals surface area contributed by atoms with Crippen LogP contribution in [-0.2, 0) is 4.79 Å². The number of nitrogens with one attached hydrogen (secondary N) is 2. The van der Waals surface area contributed by atoms with Gasteiger partial charge in [-0.1, -0.05) is 12.1 Å². The minimum absolute atomic E-state index is 0.0293. The average molecular weight is 348 g/mol. The molecule has 6 heteroatoms. The van der Waals surface area contributed by atoms with Crippen LogP contribution >= 0.6 is 0 Å². The molecular weight excluding hydrogens is 328 g/mol. The van der Waals surface area contributed by atoms with Crippen molar-refractivity contribution in [1.82, 2.24) is 20.2 Å². The Hall–Kier alpha value is -3.15. The topological polar surface area (TPSA) is 78.1 Å². The van der Waals surface area contributed by atoms with Crippen LogP contribution in [0.15, 0.2) is 55.0 Å². The Bertz CT molecular complexity index is 951. The van der Waals surface area contributed by atoms with Gasteiger partial charge in [0.15, 0.2) is 0 Å². The van der Waals surface area contributed by atoms with Gasteiger partial charge in [0.2, 0.25) is 5.91 Å². The summed E-state index contributed by atoms with van der Waals surface area (Å²) in [6, 6.07) is 11.4. The molecule has 132 valence electrons. The van der Waals surface area contributed by atoms with Crippen molar-refractivity contribution in [2.45, 2.75) is 12.5 Å². The summed E-state index contributed by atoms with van der Waals surface area (Å²) in [5, 5.41) is 4.01. The zero-order valence-corrected chi connectivity index (χ0v) is 14.5. The van der Waals surface area contributed by atoms with Crippen molar-refractivity contribution in [1.29, 1.82) is 0 Å². The predicted octanol–water partition coefficient (Wildman–Crippen LogP) is 2.51. The molecule has 0 aliphatic carbocycles. The summed E-state index contributed by atoms with van der Waals surface area (Å²) in [5.41, 5.74) is 2.49. The molecule has 0 spiro atoms. The van der Waals surface area contributed by atoms with Crippen LogP contribution in [0.5, 0.6) is 0 Å². The third kappa shape index (κ3) is 2.83. The van der Waals surface area contributed by atoms with E-state index in [1.54, 1.807) is 23.4 Å². The van der Waals surface area contributed by atoms with Crippen LogP contribution in [-0.4, -0.2) is 40.3 Å². The minimum atomic E-state index is -0.131. The molecule has 1 saturated heterocycles. The second-order valence-corrected chi connectivity index (χ2v) is 6.65. The molecule has 3 heterocycles. The van der Waals surface area contributed by atoms with E-state index in [9.17, 15) is 9.59 Å². The summed E-state index contributed by atoms with van der Waals surface area (Å²) in [5.74, 6) is -0.00671. The number of pyridine rings is 1. The maximum atomic E-state index is 12.7. The Morgan fingerprint density at radius 1 is 1.27 bits per heavy atom. The Morgan fingerprint density at radius 2 is 2.08 bits per heavy atom. The predicted molar refractivity (Wildman–Crippen MR) is 98.5 cm³/mol. The second kappa shape index (κ2) is 6.63. The first-order valence-corrected chi connectivity index (χ1v) is 8.65. The molecule has 3 aromatic rings. The van der Waals surface area contributed by atoms with Crippen LogP contribution in [0.3, 0.4) is 0 Å². The molecule has 1 aliphatic rings. The van der Waals surface area contributed by atoms with Gasteiger partial charge in [-0.2, -0.15) is 0 Å². The van der Waals surface area contributed by atoms with Gasteiger partial charge in [-0.25, -0.2) is 0 Å². The molecule has 1 aliphatic heterocycles. The van der Waals surface area contributed by atoms with E-state index in [4.69, 9.17) is 0 Å². The number of aromatic nitrogens is 2. The first-order chi connectivity index (χ1) is 12.6. The highest BCUT2D eigenvalue weighted by Gasteiger charge is 2.38. The Labute approximate surface area is 151 Å². The summed E-state index contributed by atoms with van der Waals surface area (Å²) < 4.78 is 0. The summed E-state index contributed by atoms with van der Waals surface area (Å²) in [6.07, 6.45) is 5.71. The van der Waals surface area contributed by atoms with E-state index in [-0.39, 0.29) is 23.8 Å². The number of fused-ring (bicyclic) bond motifs is 1. The molecule has 0 saturated carbocycles. The van der Waals surface area contributed by atoms with E-state index < -0.39 is 0 Å². The number of carbonyl (C=O) groups excluding carboxylic acids is 2. The molecule has 1 aromatic carbocycles. The molecule has 0 radical (unpaired) electrons. The van der Waals surface area contributed by atoms with Gasteiger partial charge < -0.3 is 15.2 Å². The van der Waals surface area contributed by atoms with Crippen molar-refractivity contribution in [2.75, 3.05) is 13.6 Å². The van der Waals surface area contributed by atoms with Crippen LogP contribution in [0.2, 0.25) is 0 Å². The highest BCUT2D eigenvalue weighted by atomic mass is 16.2. The van der Waals surface area contributed by atoms with Crippen molar-refractivity contribution >= 4 is 22.7 Å². The van der Waals surface area contributed by atoms with Crippen LogP contribution in [0.1, 0.15) is 28.4 Å². The summed E-state index contributed by atoms with van der Waals surface area (Å²) in [6.45, 7) is 0.443. The smallest absolute Gasteiger partial charge is 0.253 e. The molecule has 0 bridgehead atoms. The Morgan fingerprint density at radius 3 is 2.88 bits per heavy atom. The number of benzene rings is 1. The lowest BCUT2D eigenvalue weighted by atomic mass is 9.94. The second-order valence-electron chi connectivity index (χ2n) is 6.65. The van der Waals surface area contributed by atoms with E-state index in [1.807, 2.05) is 43.6 Å². The minimum Gasteiger partial charge on any atom is -0.361 e. The van der Waals surface area contributed by atoms with Crippen LogP contribution in [0.4, 0.5) is 0 Å². The highest BCUT2D eigenvalue weighted by molar-refractivity contribution is 6.05. The fourth-order valence-corrected chi connectivity index (χ4v) is 3.78. The quantitative estimate of drug-likeness (QED) is 0.760. The maximum absolute atomic E-state index is 12.7. The van der Waals surface area contributed by atoms with E-state index >= 15 is 0 Å². The van der Waals surface area contributed by atoms with Gasteiger partial charge in [0, 0.05) is 49.9 Å². The monoisotopic (exact) mass is 348 g/mol. The number of likely N-dealkylation sites (tertiary alicyclic amines) is 1. The van der Waals surface area contributed by atoms with Gasteiger partial charge in [0.05, 0.1) is 17.1 Å². The molecule has 2 atom stereocenters. The van der Waals surface area contributed by atoms with Gasteiger partial charge in [0.1, 0.15) is 0 Å². The average Bonchev–Trinajstić information content (AvgIpc) is 3.25. The summed E-state index contributed by atoms with van der Waals surface area (Å²) in [7, 11) is 1.81. The summed E-state index contributed by atoms with van der Waals surface area (Å²) in [4.78, 5) is 33.8. The fraction of sp³-hybridized carbons (Fsp3) is 0.250. The maximum Gasteiger partial charge on any atom is 0.253 e. The first-order valence-electron chi connectivity index (χ1n) is 8.65. The van der Waals surface area contributed by atoms with Crippen molar-refractivity contribution in [3.8, 4) is 0 Å². The van der Waals surface area contributed by atoms with Gasteiger partial charge in [0.25, 0.3) is 5.91 Å². The standard InChI is InChI=1S/C20H20N4O2/c1-24-17(25)11-15(19(24)14-5-8-21-9-6-14)12-23-20(26)16-4-2-3-13-7-10-22-18(13)16/h2-10,15,19,22H,11-12H2,1H3,(H,23,26)/t15-,19-/m0/s1. The zero-order valence-electron chi connectivity index (χ0n) is 14.5. The number of aromatic amines is 1. The van der Waals surface area contributed by atoms with Gasteiger partial charge in [-0.3, -0.25) is 14.6 Å². The molecule has 0 unspecified atom stereocenters. The SMILES string of the molecule is CN1C(=O)C[C@@H](CNC(=O)c2cccc3cc[nH]c23)[C@@H]1c1ccncc1. The number of hydrogen-bond acceptors (Lipinski definition) is 3. The molecule has 4 rings (SSSR count). The lowest BCUT2D eigenvalue weighted by molar-refractivity contribution is -0.127. The van der Waals surface area contributed by atoms with Crippen molar-refractivity contribution in [3.63, 3.8) is 0 Å². The number of hydrogen-bond donors (Lipinski definition) is 2. The number of nitrogens with zero attached hydrogens (tertiary/aromatic N) is 2. The number of amides is 2. The fourth-order valence-electron chi connectivity index (χ4n) is 3.78. The van der Waals surface area contributed by atoms with Gasteiger partial charge >= 0.3 is 0 Å². The largest absolute Gasteiger partial charge is 0.361 e. The molecular formula is C20H20N4O2. The molecule has 26 heavy (non-hydrogen) atoms. The lowest BCUT2D eigenvalue weighted by Crippen LogP contribution is -2.32. The zero-order chi connectivity index (χ0) is 18.1. The van der Waals surface area contributed by atoms with Crippen LogP contribution < -0.4 is 5.32 Å². The number of para-hydroxylation sites is 1. The number of H-pyrrole nitrogens is 1. The van der Waals surface area contributed by atoms with Gasteiger partial charge in [-0.05, 0) is 29.8 Å². The summed E-state index contributed by atoms with van der Waals surface area (Å²) >= 11 is 0. The lowest BCUT2D eigenvalue weighted by Gasteiger charge is -2.25. The number of rotatable bonds is 4. The molecule has 1 fully saturated rings. The third-order valence-corrected chi connectivity index (χ3v) is 5.10. The number of carbonyl (C=O) groups is 2. The van der Waals surface area contributed by atoms with Crippen molar-refractivity contribution in [2.24, 2.45) is 5.92 Å². The van der Waals surface area contributed by atoms with E-state index in [0.29, 0.717) is 18.5 Å². The molecule has 2 N–H and O–H groups in total. The first kappa shape index (κ1) is 16.3. The van der Waals surface area contributed by atoms with Gasteiger partial charge in [-0.15, -0.1) is 0 Å². The van der Waals surface area contributed by atoms with Crippen LogP contribution in [0.25, 0.3) is 10.9 Å². The Balaban J connectivity index is 1.52. The van der Waals surface area contributed by atoms with Crippen molar-refractivity contribution < 1.29 is 9.59 Å². The van der Waals surface area contributed by atoms with E-state index in [1.165, 1.54) is 0 Å².